The number of Topliss-reactive ketones (excluding diaryl/α,β-unsaturated/α-hetero) is 1. The maximum atomic E-state index is 14.6. The van der Waals surface area contributed by atoms with Crippen LogP contribution in [0.15, 0.2) is 36.8 Å². The molecule has 0 spiro atoms. The van der Waals surface area contributed by atoms with Crippen LogP contribution in [0, 0.1) is 18.6 Å². The monoisotopic (exact) mass is 438 g/mol. The van der Waals surface area contributed by atoms with E-state index in [-0.39, 0.29) is 35.2 Å². The number of carbonyl (C=O) groups excluding carboxylic acids is 1. The first-order valence-electron chi connectivity index (χ1n) is 10.4. The SMILES string of the molecule is Cc1ccnc(-c2nc(C(=O)Cc3cnccc3N3CCC[C@H](N)C3)c(N)cc2F)c1F. The molecule has 3 aromatic heterocycles. The van der Waals surface area contributed by atoms with Gasteiger partial charge in [-0.1, -0.05) is 0 Å². The molecule has 0 amide bonds. The van der Waals surface area contributed by atoms with E-state index in [0.29, 0.717) is 17.7 Å². The lowest BCUT2D eigenvalue weighted by Crippen LogP contribution is -2.43. The molecule has 32 heavy (non-hydrogen) atoms. The predicted octanol–water partition coefficient (Wildman–Crippen LogP) is 3.06. The van der Waals surface area contributed by atoms with Crippen LogP contribution in [-0.4, -0.2) is 39.9 Å². The largest absolute Gasteiger partial charge is 0.397 e. The second-order valence-corrected chi connectivity index (χ2v) is 8.00. The average Bonchev–Trinajstić information content (AvgIpc) is 2.76. The lowest BCUT2D eigenvalue weighted by molar-refractivity contribution is 0.0989. The summed E-state index contributed by atoms with van der Waals surface area (Å²) in [5.74, 6) is -1.97. The van der Waals surface area contributed by atoms with Gasteiger partial charge in [-0.3, -0.25) is 14.8 Å². The molecule has 166 valence electrons. The highest BCUT2D eigenvalue weighted by Crippen LogP contribution is 2.28. The Bertz CT molecular complexity index is 1170. The molecule has 0 bridgehead atoms. The number of carbonyl (C=O) groups is 1. The van der Waals surface area contributed by atoms with Gasteiger partial charge in [0.1, 0.15) is 17.1 Å². The minimum atomic E-state index is -0.847. The number of halogens is 2. The van der Waals surface area contributed by atoms with E-state index in [4.69, 9.17) is 11.5 Å². The molecule has 3 aromatic rings. The number of anilines is 2. The molecule has 9 heteroatoms. The molecule has 4 rings (SSSR count). The molecular weight excluding hydrogens is 414 g/mol. The first-order valence-corrected chi connectivity index (χ1v) is 10.4. The van der Waals surface area contributed by atoms with Crippen molar-refractivity contribution < 1.29 is 13.6 Å². The molecule has 1 aliphatic rings. The maximum absolute atomic E-state index is 14.6. The van der Waals surface area contributed by atoms with E-state index in [0.717, 1.165) is 31.1 Å². The number of hydrogen-bond donors (Lipinski definition) is 2. The van der Waals surface area contributed by atoms with Crippen LogP contribution >= 0.6 is 0 Å². The van der Waals surface area contributed by atoms with Crippen LogP contribution in [0.1, 0.15) is 34.5 Å². The Morgan fingerprint density at radius 3 is 2.84 bits per heavy atom. The summed E-state index contributed by atoms with van der Waals surface area (Å²) in [7, 11) is 0. The summed E-state index contributed by atoms with van der Waals surface area (Å²) in [6, 6.07) is 4.36. The van der Waals surface area contributed by atoms with Gasteiger partial charge < -0.3 is 16.4 Å². The van der Waals surface area contributed by atoms with E-state index >= 15 is 0 Å². The zero-order valence-electron chi connectivity index (χ0n) is 17.7. The molecule has 1 atom stereocenters. The van der Waals surface area contributed by atoms with Gasteiger partial charge in [0.15, 0.2) is 17.4 Å². The van der Waals surface area contributed by atoms with E-state index < -0.39 is 17.4 Å². The molecule has 0 unspecified atom stereocenters. The topological polar surface area (TPSA) is 111 Å². The number of nitrogen functional groups attached to an aromatic ring is 1. The summed E-state index contributed by atoms with van der Waals surface area (Å²) in [6.07, 6.45) is 6.52. The van der Waals surface area contributed by atoms with Crippen LogP contribution in [0.3, 0.4) is 0 Å². The molecule has 4 N–H and O–H groups in total. The van der Waals surface area contributed by atoms with E-state index in [1.807, 2.05) is 6.07 Å². The van der Waals surface area contributed by atoms with Gasteiger partial charge in [-0.25, -0.2) is 13.8 Å². The summed E-state index contributed by atoms with van der Waals surface area (Å²) in [4.78, 5) is 27.4. The summed E-state index contributed by atoms with van der Waals surface area (Å²) < 4.78 is 29.1. The highest BCUT2D eigenvalue weighted by Gasteiger charge is 2.24. The number of hydrogen-bond acceptors (Lipinski definition) is 7. The smallest absolute Gasteiger partial charge is 0.187 e. The fourth-order valence-corrected chi connectivity index (χ4v) is 3.95. The number of aryl methyl sites for hydroxylation is 1. The van der Waals surface area contributed by atoms with E-state index in [2.05, 4.69) is 19.9 Å². The molecule has 0 aromatic carbocycles. The fourth-order valence-electron chi connectivity index (χ4n) is 3.95. The quantitative estimate of drug-likeness (QED) is 0.589. The Morgan fingerprint density at radius 2 is 2.06 bits per heavy atom. The lowest BCUT2D eigenvalue weighted by atomic mass is 10.0. The van der Waals surface area contributed by atoms with Gasteiger partial charge in [-0.05, 0) is 37.5 Å². The minimum Gasteiger partial charge on any atom is -0.397 e. The number of ketones is 1. The zero-order chi connectivity index (χ0) is 22.8. The molecule has 7 nitrogen and oxygen atoms in total. The van der Waals surface area contributed by atoms with Crippen LogP contribution in [0.5, 0.6) is 0 Å². The molecule has 1 fully saturated rings. The number of aromatic nitrogens is 3. The molecule has 1 aliphatic heterocycles. The zero-order valence-corrected chi connectivity index (χ0v) is 17.7. The van der Waals surface area contributed by atoms with Crippen molar-refractivity contribution in [1.82, 2.24) is 15.0 Å². The predicted molar refractivity (Wildman–Crippen MR) is 118 cm³/mol. The van der Waals surface area contributed by atoms with Crippen LogP contribution in [0.2, 0.25) is 0 Å². The first-order chi connectivity index (χ1) is 15.3. The standard InChI is InChI=1S/C23H24F2N6O/c1-13-4-7-29-23(20(13)25)21-16(24)10-17(27)22(30-21)19(32)9-14-11-28-6-5-18(14)31-8-2-3-15(26)12-31/h4-7,10-11,15H,2-3,8-9,12,26-27H2,1H3/t15-/m0/s1. The number of rotatable bonds is 5. The normalized spacial score (nSPS) is 16.2. The third kappa shape index (κ3) is 4.29. The Hall–Kier alpha value is -3.46. The summed E-state index contributed by atoms with van der Waals surface area (Å²) in [5.41, 5.74) is 13.0. The molecular formula is C23H24F2N6O. The van der Waals surface area contributed by atoms with Gasteiger partial charge in [0, 0.05) is 61.5 Å². The molecule has 0 radical (unpaired) electrons. The van der Waals surface area contributed by atoms with E-state index in [9.17, 15) is 13.6 Å². The second kappa shape index (κ2) is 8.96. The minimum absolute atomic E-state index is 0.0408. The number of nitrogens with zero attached hydrogens (tertiary/aromatic N) is 4. The Balaban J connectivity index is 1.67. The van der Waals surface area contributed by atoms with Crippen LogP contribution in [0.4, 0.5) is 20.2 Å². The Labute approximate surface area is 184 Å². The van der Waals surface area contributed by atoms with Crippen LogP contribution in [-0.2, 0) is 6.42 Å². The van der Waals surface area contributed by atoms with Gasteiger partial charge in [-0.2, -0.15) is 0 Å². The Morgan fingerprint density at radius 1 is 1.25 bits per heavy atom. The molecule has 0 saturated carbocycles. The summed E-state index contributed by atoms with van der Waals surface area (Å²) in [5, 5.41) is 0. The number of nitrogens with two attached hydrogens (primary N) is 2. The highest BCUT2D eigenvalue weighted by atomic mass is 19.1. The van der Waals surface area contributed by atoms with Crippen molar-refractivity contribution in [3.63, 3.8) is 0 Å². The van der Waals surface area contributed by atoms with Crippen molar-refractivity contribution in [2.24, 2.45) is 5.73 Å². The average molecular weight is 438 g/mol. The van der Waals surface area contributed by atoms with Crippen molar-refractivity contribution >= 4 is 17.2 Å². The van der Waals surface area contributed by atoms with Crippen LogP contribution in [0.25, 0.3) is 11.4 Å². The molecule has 1 saturated heterocycles. The number of pyridine rings is 3. The van der Waals surface area contributed by atoms with Crippen molar-refractivity contribution in [2.75, 3.05) is 23.7 Å². The third-order valence-electron chi connectivity index (χ3n) is 5.60. The van der Waals surface area contributed by atoms with Gasteiger partial charge in [0.05, 0.1) is 5.69 Å². The van der Waals surface area contributed by atoms with Gasteiger partial charge >= 0.3 is 0 Å². The molecule has 0 aliphatic carbocycles. The Kier molecular flexibility index (Phi) is 6.09. The van der Waals surface area contributed by atoms with Gasteiger partial charge in [0.2, 0.25) is 0 Å². The molecule has 4 heterocycles. The fraction of sp³-hybridized carbons (Fsp3) is 0.304. The summed E-state index contributed by atoms with van der Waals surface area (Å²) in [6.45, 7) is 3.06. The summed E-state index contributed by atoms with van der Waals surface area (Å²) >= 11 is 0. The van der Waals surface area contributed by atoms with E-state index in [1.165, 1.54) is 19.2 Å². The first kappa shape index (κ1) is 21.8. The maximum Gasteiger partial charge on any atom is 0.187 e. The van der Waals surface area contributed by atoms with Gasteiger partial charge in [0.25, 0.3) is 0 Å². The van der Waals surface area contributed by atoms with Crippen molar-refractivity contribution in [3.8, 4) is 11.4 Å². The highest BCUT2D eigenvalue weighted by molar-refractivity contribution is 6.01. The third-order valence-corrected chi connectivity index (χ3v) is 5.60. The van der Waals surface area contributed by atoms with Crippen molar-refractivity contribution in [3.05, 3.63) is 65.2 Å². The van der Waals surface area contributed by atoms with Crippen molar-refractivity contribution in [2.45, 2.75) is 32.2 Å². The van der Waals surface area contributed by atoms with Gasteiger partial charge in [-0.15, -0.1) is 0 Å². The van der Waals surface area contributed by atoms with Crippen LogP contribution < -0.4 is 16.4 Å². The second-order valence-electron chi connectivity index (χ2n) is 8.00. The lowest BCUT2D eigenvalue weighted by Gasteiger charge is -2.33. The van der Waals surface area contributed by atoms with Crippen molar-refractivity contribution in [1.29, 1.82) is 0 Å². The van der Waals surface area contributed by atoms with E-state index in [1.54, 1.807) is 12.4 Å². The number of piperidine rings is 1.